The SMILES string of the molecule is CC(C)(C)OC(=O)Nc1ncc(-c2cncnc2)nc1C(F)F. The van der Waals surface area contributed by atoms with Crippen molar-refractivity contribution in [1.82, 2.24) is 19.9 Å². The van der Waals surface area contributed by atoms with Crippen molar-refractivity contribution >= 4 is 11.9 Å². The minimum Gasteiger partial charge on any atom is -0.444 e. The number of amides is 1. The molecule has 0 aliphatic heterocycles. The molecule has 0 aromatic carbocycles. The lowest BCUT2D eigenvalue weighted by Crippen LogP contribution is -2.28. The third-order valence-corrected chi connectivity index (χ3v) is 2.48. The number of carbonyl (C=O) groups excluding carboxylic acids is 1. The molecule has 2 aromatic rings. The Kier molecular flexibility index (Phi) is 4.77. The molecule has 0 aliphatic carbocycles. The van der Waals surface area contributed by atoms with Gasteiger partial charge in [0.2, 0.25) is 0 Å². The van der Waals surface area contributed by atoms with Crippen molar-refractivity contribution in [3.05, 3.63) is 30.6 Å². The maximum Gasteiger partial charge on any atom is 0.413 e. The molecule has 0 spiro atoms. The lowest BCUT2D eigenvalue weighted by Gasteiger charge is -2.20. The van der Waals surface area contributed by atoms with Crippen molar-refractivity contribution in [3.8, 4) is 11.3 Å². The summed E-state index contributed by atoms with van der Waals surface area (Å²) in [5.41, 5.74) is -0.803. The Bertz CT molecular complexity index is 689. The van der Waals surface area contributed by atoms with Gasteiger partial charge in [0.25, 0.3) is 6.43 Å². The molecule has 23 heavy (non-hydrogen) atoms. The minimum atomic E-state index is -2.92. The van der Waals surface area contributed by atoms with E-state index in [1.807, 2.05) is 0 Å². The van der Waals surface area contributed by atoms with Gasteiger partial charge in [0.15, 0.2) is 5.82 Å². The molecule has 0 saturated carbocycles. The molecule has 0 radical (unpaired) electrons. The van der Waals surface area contributed by atoms with Gasteiger partial charge in [0, 0.05) is 18.0 Å². The molecule has 1 amide bonds. The minimum absolute atomic E-state index is 0.177. The molecular formula is C14H15F2N5O2. The second kappa shape index (κ2) is 6.59. The van der Waals surface area contributed by atoms with Crippen LogP contribution < -0.4 is 5.32 Å². The first-order chi connectivity index (χ1) is 10.8. The van der Waals surface area contributed by atoms with Gasteiger partial charge in [0.1, 0.15) is 17.6 Å². The highest BCUT2D eigenvalue weighted by atomic mass is 19.3. The molecule has 0 unspecified atom stereocenters. The van der Waals surface area contributed by atoms with Gasteiger partial charge in [-0.15, -0.1) is 0 Å². The van der Waals surface area contributed by atoms with E-state index in [2.05, 4.69) is 25.3 Å². The zero-order valence-electron chi connectivity index (χ0n) is 12.7. The molecule has 0 aliphatic rings. The van der Waals surface area contributed by atoms with Crippen LogP contribution in [0, 0.1) is 0 Å². The highest BCUT2D eigenvalue weighted by Gasteiger charge is 2.22. The second-order valence-electron chi connectivity index (χ2n) is 5.54. The van der Waals surface area contributed by atoms with E-state index in [9.17, 15) is 13.6 Å². The van der Waals surface area contributed by atoms with E-state index in [0.717, 1.165) is 0 Å². The Balaban J connectivity index is 2.29. The van der Waals surface area contributed by atoms with Crippen LogP contribution in [-0.2, 0) is 4.74 Å². The van der Waals surface area contributed by atoms with Crippen molar-refractivity contribution < 1.29 is 18.3 Å². The van der Waals surface area contributed by atoms with E-state index < -0.39 is 23.8 Å². The Morgan fingerprint density at radius 2 is 1.87 bits per heavy atom. The molecule has 0 atom stereocenters. The summed E-state index contributed by atoms with van der Waals surface area (Å²) in [5, 5.41) is 2.18. The van der Waals surface area contributed by atoms with Gasteiger partial charge in [-0.2, -0.15) is 0 Å². The van der Waals surface area contributed by atoms with Gasteiger partial charge in [0.05, 0.1) is 11.9 Å². The second-order valence-corrected chi connectivity index (χ2v) is 5.54. The van der Waals surface area contributed by atoms with Crippen molar-refractivity contribution in [1.29, 1.82) is 0 Å². The number of nitrogens with zero attached hydrogens (tertiary/aromatic N) is 4. The largest absolute Gasteiger partial charge is 0.444 e. The summed E-state index contributed by atoms with van der Waals surface area (Å²) in [4.78, 5) is 26.9. The monoisotopic (exact) mass is 323 g/mol. The van der Waals surface area contributed by atoms with E-state index in [4.69, 9.17) is 4.74 Å². The topological polar surface area (TPSA) is 89.9 Å². The van der Waals surface area contributed by atoms with E-state index in [-0.39, 0.29) is 11.5 Å². The summed E-state index contributed by atoms with van der Waals surface area (Å²) in [5.74, 6) is -0.352. The average Bonchev–Trinajstić information content (AvgIpc) is 2.46. The molecule has 2 rings (SSSR count). The van der Waals surface area contributed by atoms with Gasteiger partial charge < -0.3 is 4.74 Å². The molecule has 122 valence electrons. The third kappa shape index (κ3) is 4.63. The Morgan fingerprint density at radius 1 is 1.22 bits per heavy atom. The number of halogens is 2. The molecule has 1 N–H and O–H groups in total. The maximum absolute atomic E-state index is 13.2. The molecule has 2 aromatic heterocycles. The number of nitrogens with one attached hydrogen (secondary N) is 1. The number of hydrogen-bond donors (Lipinski definition) is 1. The Labute approximate surface area is 131 Å². The molecule has 2 heterocycles. The van der Waals surface area contributed by atoms with Crippen molar-refractivity contribution in [2.75, 3.05) is 5.32 Å². The smallest absolute Gasteiger partial charge is 0.413 e. The molecule has 7 nitrogen and oxygen atoms in total. The van der Waals surface area contributed by atoms with Gasteiger partial charge in [-0.25, -0.2) is 33.5 Å². The Morgan fingerprint density at radius 3 is 2.43 bits per heavy atom. The van der Waals surface area contributed by atoms with E-state index in [1.54, 1.807) is 20.8 Å². The molecular weight excluding hydrogens is 308 g/mol. The number of alkyl halides is 2. The first-order valence-corrected chi connectivity index (χ1v) is 6.67. The van der Waals surface area contributed by atoms with Crippen LogP contribution in [0.1, 0.15) is 32.9 Å². The lowest BCUT2D eigenvalue weighted by atomic mass is 10.2. The van der Waals surface area contributed by atoms with Crippen molar-refractivity contribution in [3.63, 3.8) is 0 Å². The molecule has 0 fully saturated rings. The number of anilines is 1. The maximum atomic E-state index is 13.2. The van der Waals surface area contributed by atoms with Crippen LogP contribution in [0.25, 0.3) is 11.3 Å². The fourth-order valence-electron chi connectivity index (χ4n) is 1.62. The van der Waals surface area contributed by atoms with E-state index in [0.29, 0.717) is 5.56 Å². The average molecular weight is 323 g/mol. The first kappa shape index (κ1) is 16.7. The van der Waals surface area contributed by atoms with Gasteiger partial charge in [-0.1, -0.05) is 0 Å². The van der Waals surface area contributed by atoms with Crippen LogP contribution in [0.15, 0.2) is 24.9 Å². The standard InChI is InChI=1S/C14H15F2N5O2/c1-14(2,3)23-13(22)21-12-10(11(15)16)20-9(6-19-12)8-4-17-7-18-5-8/h4-7,11H,1-3H3,(H,19,21,22). The van der Waals surface area contributed by atoms with E-state index >= 15 is 0 Å². The zero-order chi connectivity index (χ0) is 17.0. The summed E-state index contributed by atoms with van der Waals surface area (Å²) >= 11 is 0. The van der Waals surface area contributed by atoms with Crippen molar-refractivity contribution in [2.45, 2.75) is 32.8 Å². The number of aromatic nitrogens is 4. The van der Waals surface area contributed by atoms with Gasteiger partial charge in [-0.3, -0.25) is 5.32 Å². The zero-order valence-corrected chi connectivity index (χ0v) is 12.7. The summed E-state index contributed by atoms with van der Waals surface area (Å²) in [7, 11) is 0. The quantitative estimate of drug-likeness (QED) is 0.932. The van der Waals surface area contributed by atoms with Crippen LogP contribution in [0.5, 0.6) is 0 Å². The highest BCUT2D eigenvalue weighted by molar-refractivity contribution is 5.84. The van der Waals surface area contributed by atoms with Gasteiger partial charge in [-0.05, 0) is 20.8 Å². The van der Waals surface area contributed by atoms with Crippen LogP contribution in [0.2, 0.25) is 0 Å². The Hall–Kier alpha value is -2.71. The van der Waals surface area contributed by atoms with Gasteiger partial charge >= 0.3 is 6.09 Å². The number of hydrogen-bond acceptors (Lipinski definition) is 6. The summed E-state index contributed by atoms with van der Waals surface area (Å²) in [6.45, 7) is 4.97. The highest BCUT2D eigenvalue weighted by Crippen LogP contribution is 2.26. The molecule has 9 heteroatoms. The first-order valence-electron chi connectivity index (χ1n) is 6.67. The van der Waals surface area contributed by atoms with Crippen LogP contribution in [0.3, 0.4) is 0 Å². The lowest BCUT2D eigenvalue weighted by molar-refractivity contribution is 0.0634. The summed E-state index contributed by atoms with van der Waals surface area (Å²) < 4.78 is 31.4. The van der Waals surface area contributed by atoms with Crippen LogP contribution >= 0.6 is 0 Å². The van der Waals surface area contributed by atoms with Crippen LogP contribution in [0.4, 0.5) is 19.4 Å². The van der Waals surface area contributed by atoms with Crippen molar-refractivity contribution in [2.24, 2.45) is 0 Å². The number of rotatable bonds is 3. The predicted octanol–water partition coefficient (Wildman–Crippen LogP) is 3.22. The molecule has 0 saturated heterocycles. The summed E-state index contributed by atoms with van der Waals surface area (Å²) in [6, 6.07) is 0. The number of ether oxygens (including phenoxy) is 1. The predicted molar refractivity (Wildman–Crippen MR) is 77.9 cm³/mol. The van der Waals surface area contributed by atoms with E-state index in [1.165, 1.54) is 24.9 Å². The molecule has 0 bridgehead atoms. The van der Waals surface area contributed by atoms with Crippen LogP contribution in [-0.4, -0.2) is 31.6 Å². The normalized spacial score (nSPS) is 11.4. The fourth-order valence-corrected chi connectivity index (χ4v) is 1.62. The summed E-state index contributed by atoms with van der Waals surface area (Å²) in [6.07, 6.45) is 1.60. The number of carbonyl (C=O) groups is 1. The third-order valence-electron chi connectivity index (χ3n) is 2.48. The fraction of sp³-hybridized carbons (Fsp3) is 0.357.